The highest BCUT2D eigenvalue weighted by Crippen LogP contribution is 1.86. The molecule has 0 saturated carbocycles. The molecule has 0 spiro atoms. The molecule has 0 atom stereocenters. The highest BCUT2D eigenvalue weighted by Gasteiger charge is 1.86. The van der Waals surface area contributed by atoms with Gasteiger partial charge >= 0.3 is 0 Å². The topological polar surface area (TPSA) is 49.9 Å². The zero-order chi connectivity index (χ0) is 6.57. The molecule has 2 heteroatoms. The van der Waals surface area contributed by atoms with E-state index in [0.29, 0.717) is 5.57 Å². The Kier molecular flexibility index (Phi) is 2.38. The van der Waals surface area contributed by atoms with E-state index in [1.54, 1.807) is 0 Å². The highest BCUT2D eigenvalue weighted by atomic mass is 14.7. The van der Waals surface area contributed by atoms with Crippen LogP contribution in [0.25, 0.3) is 0 Å². The number of amidine groups is 1. The van der Waals surface area contributed by atoms with Crippen LogP contribution < -0.4 is 5.73 Å². The van der Waals surface area contributed by atoms with Crippen molar-refractivity contribution in [3.05, 3.63) is 30.5 Å². The Bertz CT molecular complexity index is 157. The van der Waals surface area contributed by atoms with Gasteiger partial charge < -0.3 is 5.73 Å². The van der Waals surface area contributed by atoms with Crippen molar-refractivity contribution >= 4 is 5.84 Å². The van der Waals surface area contributed by atoms with E-state index in [1.165, 1.54) is 6.08 Å². The smallest absolute Gasteiger partial charge is 0.122 e. The Hall–Kier alpha value is -1.27. The van der Waals surface area contributed by atoms with Crippen LogP contribution in [0.4, 0.5) is 0 Å². The third kappa shape index (κ3) is 2.00. The summed E-state index contributed by atoms with van der Waals surface area (Å²) in [7, 11) is 0. The molecular weight excluding hydrogens is 100 g/mol. The molecule has 0 amide bonds. The zero-order valence-electron chi connectivity index (χ0n) is 4.57. The molecule has 0 aromatic rings. The lowest BCUT2D eigenvalue weighted by atomic mass is 10.3. The van der Waals surface area contributed by atoms with Crippen molar-refractivity contribution in [1.82, 2.24) is 0 Å². The van der Waals surface area contributed by atoms with Gasteiger partial charge in [-0.25, -0.2) is 0 Å². The second kappa shape index (κ2) is 2.83. The Labute approximate surface area is 48.5 Å². The van der Waals surface area contributed by atoms with Crippen molar-refractivity contribution in [2.24, 2.45) is 5.73 Å². The van der Waals surface area contributed by atoms with E-state index in [1.807, 2.05) is 0 Å². The number of hydrogen-bond acceptors (Lipinski definition) is 1. The predicted molar refractivity (Wildman–Crippen MR) is 34.8 cm³/mol. The van der Waals surface area contributed by atoms with Crippen LogP contribution in [0.5, 0.6) is 0 Å². The third-order valence-electron chi connectivity index (χ3n) is 0.622. The number of nitrogens with two attached hydrogens (primary N) is 1. The second-order valence-corrected chi connectivity index (χ2v) is 1.29. The van der Waals surface area contributed by atoms with Gasteiger partial charge in [0, 0.05) is 5.57 Å². The molecule has 3 N–H and O–H groups in total. The van der Waals surface area contributed by atoms with Crippen LogP contribution in [-0.2, 0) is 0 Å². The normalized spacial score (nSPS) is 7.00. The van der Waals surface area contributed by atoms with Crippen molar-refractivity contribution in [1.29, 1.82) is 5.41 Å². The van der Waals surface area contributed by atoms with Crippen LogP contribution in [0, 0.1) is 5.41 Å². The first kappa shape index (κ1) is 6.73. The van der Waals surface area contributed by atoms with Gasteiger partial charge in [0.25, 0.3) is 0 Å². The van der Waals surface area contributed by atoms with Gasteiger partial charge in [0.1, 0.15) is 5.84 Å². The lowest BCUT2D eigenvalue weighted by Gasteiger charge is -1.88. The molecule has 0 unspecified atom stereocenters. The van der Waals surface area contributed by atoms with Crippen molar-refractivity contribution in [3.63, 3.8) is 0 Å². The predicted octanol–water partition coefficient (Wildman–Crippen LogP) is 0.820. The summed E-state index contributed by atoms with van der Waals surface area (Å²) >= 11 is 0. The Morgan fingerprint density at radius 2 is 2.25 bits per heavy atom. The van der Waals surface area contributed by atoms with Gasteiger partial charge in [-0.05, 0) is 6.08 Å². The highest BCUT2D eigenvalue weighted by molar-refractivity contribution is 5.96. The van der Waals surface area contributed by atoms with Crippen molar-refractivity contribution in [2.75, 3.05) is 0 Å². The van der Waals surface area contributed by atoms with Crippen LogP contribution in [-0.4, -0.2) is 5.84 Å². The maximum Gasteiger partial charge on any atom is 0.122 e. The summed E-state index contributed by atoms with van der Waals surface area (Å²) in [4.78, 5) is 0. The molecule has 0 fully saturated rings. The summed E-state index contributed by atoms with van der Waals surface area (Å²) in [5.74, 6) is -0.0406. The van der Waals surface area contributed by atoms with E-state index in [2.05, 4.69) is 18.9 Å². The average Bonchev–Trinajstić information content (AvgIpc) is 1.67. The van der Waals surface area contributed by atoms with Gasteiger partial charge in [-0.2, -0.15) is 0 Å². The maximum atomic E-state index is 6.78. The molecule has 0 aromatic carbocycles. The van der Waals surface area contributed by atoms with Crippen molar-refractivity contribution < 1.29 is 0 Å². The van der Waals surface area contributed by atoms with E-state index in [-0.39, 0.29) is 5.84 Å². The van der Waals surface area contributed by atoms with Crippen LogP contribution >= 0.6 is 0 Å². The summed E-state index contributed by atoms with van der Waals surface area (Å²) < 4.78 is 0. The fourth-order valence-electron chi connectivity index (χ4n) is 0.201. The molecule has 0 radical (unpaired) electrons. The first-order chi connectivity index (χ1) is 3.68. The monoisotopic (exact) mass is 108 g/mol. The second-order valence-electron chi connectivity index (χ2n) is 1.29. The number of hydrogen-bond donors (Lipinski definition) is 2. The lowest BCUT2D eigenvalue weighted by molar-refractivity contribution is 1.44. The molecule has 0 bridgehead atoms. The fraction of sp³-hybridized carbons (Fsp3) is 0. The summed E-state index contributed by atoms with van der Waals surface area (Å²) in [6.45, 7) is 6.73. The van der Waals surface area contributed by atoms with E-state index in [9.17, 15) is 0 Å². The Morgan fingerprint density at radius 3 is 2.38 bits per heavy atom. The minimum atomic E-state index is -0.0406. The van der Waals surface area contributed by atoms with Gasteiger partial charge in [-0.3, -0.25) is 5.41 Å². The quantitative estimate of drug-likeness (QED) is 0.234. The standard InChI is InChI=1S/C6H8N2/c1-3-4-5(2)6(7)8/h4H,1-2H2,(H3,7,8). The summed E-state index contributed by atoms with van der Waals surface area (Å²) in [6, 6.07) is 0. The molecular formula is C6H8N2. The Balaban J connectivity index is 4.05. The molecule has 2 nitrogen and oxygen atoms in total. The molecule has 0 aliphatic heterocycles. The number of nitrogens with one attached hydrogen (secondary N) is 1. The van der Waals surface area contributed by atoms with Gasteiger partial charge in [0.2, 0.25) is 0 Å². The first-order valence-electron chi connectivity index (χ1n) is 2.07. The van der Waals surface area contributed by atoms with Crippen LogP contribution in [0.1, 0.15) is 0 Å². The molecule has 0 saturated heterocycles. The maximum absolute atomic E-state index is 6.78. The molecule has 42 valence electrons. The van der Waals surface area contributed by atoms with Gasteiger partial charge in [0.05, 0.1) is 0 Å². The van der Waals surface area contributed by atoms with Crippen molar-refractivity contribution in [2.45, 2.75) is 0 Å². The molecule has 0 aliphatic carbocycles. The summed E-state index contributed by atoms with van der Waals surface area (Å²) in [5.41, 5.74) is 7.90. The van der Waals surface area contributed by atoms with E-state index >= 15 is 0 Å². The van der Waals surface area contributed by atoms with Gasteiger partial charge in [-0.15, -0.1) is 5.73 Å². The lowest BCUT2D eigenvalue weighted by Crippen LogP contribution is -2.09. The minimum Gasteiger partial charge on any atom is -0.384 e. The summed E-state index contributed by atoms with van der Waals surface area (Å²) in [5, 5.41) is 6.78. The Morgan fingerprint density at radius 1 is 1.75 bits per heavy atom. The van der Waals surface area contributed by atoms with E-state index < -0.39 is 0 Å². The molecule has 0 aliphatic rings. The van der Waals surface area contributed by atoms with E-state index in [0.717, 1.165) is 0 Å². The first-order valence-corrected chi connectivity index (χ1v) is 2.07. The van der Waals surface area contributed by atoms with Crippen LogP contribution in [0.2, 0.25) is 0 Å². The zero-order valence-corrected chi connectivity index (χ0v) is 4.57. The van der Waals surface area contributed by atoms with Crippen LogP contribution in [0.3, 0.4) is 0 Å². The van der Waals surface area contributed by atoms with Crippen molar-refractivity contribution in [3.8, 4) is 0 Å². The molecule has 0 rings (SSSR count). The molecule has 0 heterocycles. The third-order valence-corrected chi connectivity index (χ3v) is 0.622. The fourth-order valence-corrected chi connectivity index (χ4v) is 0.201. The van der Waals surface area contributed by atoms with Gasteiger partial charge in [-0.1, -0.05) is 13.2 Å². The SMILES string of the molecule is C=C=CC(=C)C(=N)N. The van der Waals surface area contributed by atoms with Crippen LogP contribution in [0.15, 0.2) is 30.5 Å². The van der Waals surface area contributed by atoms with E-state index in [4.69, 9.17) is 11.1 Å². The minimum absolute atomic E-state index is 0.0406. The molecule has 0 aromatic heterocycles. The number of rotatable bonds is 2. The summed E-state index contributed by atoms with van der Waals surface area (Å²) in [6.07, 6.45) is 1.46. The van der Waals surface area contributed by atoms with Gasteiger partial charge in [0.15, 0.2) is 0 Å². The largest absolute Gasteiger partial charge is 0.384 e. The molecule has 8 heavy (non-hydrogen) atoms. The average molecular weight is 108 g/mol.